The van der Waals surface area contributed by atoms with Gasteiger partial charge in [-0.1, -0.05) is 6.07 Å². The second-order valence-corrected chi connectivity index (χ2v) is 2.86. The molecular formula is C10H14INO. The molecule has 0 aromatic carbocycles. The monoisotopic (exact) mass is 291 g/mol. The summed E-state index contributed by atoms with van der Waals surface area (Å²) in [7, 11) is 0. The molecule has 0 N–H and O–H groups in total. The third-order valence-electron chi connectivity index (χ3n) is 1.81. The van der Waals surface area contributed by atoms with Gasteiger partial charge < -0.3 is 24.0 Å². The van der Waals surface area contributed by atoms with E-state index in [2.05, 4.69) is 11.5 Å². The van der Waals surface area contributed by atoms with Gasteiger partial charge in [0.15, 0.2) is 11.9 Å². The van der Waals surface area contributed by atoms with E-state index < -0.39 is 0 Å². The van der Waals surface area contributed by atoms with Crippen LogP contribution in [0.5, 0.6) is 0 Å². The summed E-state index contributed by atoms with van der Waals surface area (Å²) in [6.07, 6.45) is 2.53. The van der Waals surface area contributed by atoms with Crippen molar-refractivity contribution in [3.8, 4) is 0 Å². The van der Waals surface area contributed by atoms with Crippen LogP contribution in [0.25, 0.3) is 0 Å². The number of pyridine rings is 1. The Morgan fingerprint density at radius 3 is 2.69 bits per heavy atom. The van der Waals surface area contributed by atoms with E-state index in [4.69, 9.17) is 0 Å². The topological polar surface area (TPSA) is 20.9 Å². The smallest absolute Gasteiger partial charge is 0.188 e. The molecule has 0 bridgehead atoms. The van der Waals surface area contributed by atoms with Gasteiger partial charge in [0.05, 0.1) is 6.42 Å². The lowest BCUT2D eigenvalue weighted by Gasteiger charge is -1.97. The maximum Gasteiger partial charge on any atom is 0.188 e. The minimum absolute atomic E-state index is 0. The fraction of sp³-hybridized carbons (Fsp3) is 0.400. The van der Waals surface area contributed by atoms with Crippen molar-refractivity contribution >= 4 is 5.78 Å². The van der Waals surface area contributed by atoms with Gasteiger partial charge in [0, 0.05) is 12.1 Å². The van der Waals surface area contributed by atoms with Crippen LogP contribution in [0.3, 0.4) is 0 Å². The highest BCUT2D eigenvalue weighted by molar-refractivity contribution is 5.77. The van der Waals surface area contributed by atoms with Gasteiger partial charge in [-0.05, 0) is 13.8 Å². The van der Waals surface area contributed by atoms with Crippen molar-refractivity contribution in [3.05, 3.63) is 30.1 Å². The Kier molecular flexibility index (Phi) is 5.86. The molecule has 3 heteroatoms. The Morgan fingerprint density at radius 2 is 2.15 bits per heavy atom. The van der Waals surface area contributed by atoms with Crippen LogP contribution >= 0.6 is 0 Å². The van der Waals surface area contributed by atoms with Crippen molar-refractivity contribution in [2.24, 2.45) is 0 Å². The van der Waals surface area contributed by atoms with Gasteiger partial charge in [-0.3, -0.25) is 4.79 Å². The second kappa shape index (κ2) is 6.07. The van der Waals surface area contributed by atoms with Gasteiger partial charge in [-0.15, -0.1) is 0 Å². The number of hydrogen-bond donors (Lipinski definition) is 0. The van der Waals surface area contributed by atoms with Gasteiger partial charge in [-0.25, -0.2) is 4.57 Å². The van der Waals surface area contributed by atoms with Crippen LogP contribution in [-0.2, 0) is 17.8 Å². The van der Waals surface area contributed by atoms with Gasteiger partial charge in [0.1, 0.15) is 12.3 Å². The summed E-state index contributed by atoms with van der Waals surface area (Å²) in [5.74, 6) is 0.211. The van der Waals surface area contributed by atoms with Crippen LogP contribution in [-0.4, -0.2) is 5.78 Å². The highest BCUT2D eigenvalue weighted by Crippen LogP contribution is 1.93. The van der Waals surface area contributed by atoms with E-state index in [0.29, 0.717) is 6.42 Å². The lowest BCUT2D eigenvalue weighted by atomic mass is 10.2. The zero-order chi connectivity index (χ0) is 8.97. The van der Waals surface area contributed by atoms with Gasteiger partial charge in [0.2, 0.25) is 0 Å². The zero-order valence-electron chi connectivity index (χ0n) is 7.96. The van der Waals surface area contributed by atoms with Gasteiger partial charge >= 0.3 is 0 Å². The fourth-order valence-corrected chi connectivity index (χ4v) is 1.24. The minimum Gasteiger partial charge on any atom is -1.00 e. The van der Waals surface area contributed by atoms with E-state index in [1.54, 1.807) is 6.92 Å². The van der Waals surface area contributed by atoms with E-state index in [1.807, 2.05) is 24.4 Å². The van der Waals surface area contributed by atoms with Crippen LogP contribution in [0.15, 0.2) is 24.4 Å². The molecule has 0 aliphatic carbocycles. The molecule has 0 fully saturated rings. The van der Waals surface area contributed by atoms with Gasteiger partial charge in [0.25, 0.3) is 0 Å². The van der Waals surface area contributed by atoms with E-state index in [0.717, 1.165) is 12.2 Å². The van der Waals surface area contributed by atoms with E-state index >= 15 is 0 Å². The number of aryl methyl sites for hydroxylation is 1. The molecule has 0 spiro atoms. The first-order valence-corrected chi connectivity index (χ1v) is 4.21. The lowest BCUT2D eigenvalue weighted by Crippen LogP contribution is -3.00. The number of hydrogen-bond acceptors (Lipinski definition) is 1. The Hall–Kier alpha value is -0.450. The Morgan fingerprint density at radius 1 is 1.46 bits per heavy atom. The third kappa shape index (κ3) is 3.85. The largest absolute Gasteiger partial charge is 1.00 e. The molecule has 0 unspecified atom stereocenters. The number of aromatic nitrogens is 1. The number of halogens is 1. The average Bonchev–Trinajstić information content (AvgIpc) is 2.04. The maximum atomic E-state index is 10.9. The number of carbonyl (C=O) groups excluding carboxylic acids is 1. The van der Waals surface area contributed by atoms with Crippen LogP contribution in [0.4, 0.5) is 0 Å². The summed E-state index contributed by atoms with van der Waals surface area (Å²) in [5.41, 5.74) is 1.09. The molecule has 0 aliphatic rings. The second-order valence-electron chi connectivity index (χ2n) is 2.86. The predicted molar refractivity (Wildman–Crippen MR) is 46.7 cm³/mol. The summed E-state index contributed by atoms with van der Waals surface area (Å²) in [6, 6.07) is 5.93. The Labute approximate surface area is 96.0 Å². The molecule has 1 rings (SSSR count). The molecular weight excluding hydrogens is 277 g/mol. The van der Waals surface area contributed by atoms with E-state index in [9.17, 15) is 4.79 Å². The molecule has 13 heavy (non-hydrogen) atoms. The molecule has 1 aromatic heterocycles. The average molecular weight is 291 g/mol. The molecule has 0 amide bonds. The van der Waals surface area contributed by atoms with Crippen LogP contribution < -0.4 is 28.5 Å². The first-order valence-electron chi connectivity index (χ1n) is 4.21. The van der Waals surface area contributed by atoms with Crippen LogP contribution in [0, 0.1) is 0 Å². The molecule has 0 saturated carbocycles. The normalized spacial score (nSPS) is 9.08. The van der Waals surface area contributed by atoms with Crippen molar-refractivity contribution in [2.75, 3.05) is 0 Å². The molecule has 2 nitrogen and oxygen atoms in total. The first-order chi connectivity index (χ1) is 5.74. The van der Waals surface area contributed by atoms with Crippen molar-refractivity contribution in [3.63, 3.8) is 0 Å². The molecule has 0 saturated heterocycles. The summed E-state index contributed by atoms with van der Waals surface area (Å²) in [6.45, 7) is 4.61. The van der Waals surface area contributed by atoms with Crippen molar-refractivity contribution in [1.82, 2.24) is 0 Å². The standard InChI is InChI=1S/C10H14NO.HI/c1-3-11-7-5-4-6-10(11)8-9(2)12;/h4-7H,3,8H2,1-2H3;1H/q+1;/p-1. The Bertz CT molecular complexity index is 286. The SMILES string of the molecule is CC[n+]1ccccc1CC(C)=O.[I-]. The van der Waals surface area contributed by atoms with Crippen molar-refractivity contribution in [2.45, 2.75) is 26.8 Å². The Balaban J connectivity index is 0.00000144. The summed E-state index contributed by atoms with van der Waals surface area (Å²) < 4.78 is 2.08. The minimum atomic E-state index is 0. The molecule has 0 radical (unpaired) electrons. The quantitative estimate of drug-likeness (QED) is 0.472. The number of nitrogens with zero attached hydrogens (tertiary/aromatic N) is 1. The fourth-order valence-electron chi connectivity index (χ4n) is 1.24. The third-order valence-corrected chi connectivity index (χ3v) is 1.81. The maximum absolute atomic E-state index is 10.9. The molecule has 0 atom stereocenters. The van der Waals surface area contributed by atoms with Gasteiger partial charge in [-0.2, -0.15) is 0 Å². The number of rotatable bonds is 3. The molecule has 0 aliphatic heterocycles. The lowest BCUT2D eigenvalue weighted by molar-refractivity contribution is -0.700. The first kappa shape index (κ1) is 12.6. The predicted octanol–water partition coefficient (Wildman–Crippen LogP) is -1.87. The van der Waals surface area contributed by atoms with Crippen molar-refractivity contribution in [1.29, 1.82) is 0 Å². The highest BCUT2D eigenvalue weighted by Gasteiger charge is 2.08. The summed E-state index contributed by atoms with van der Waals surface area (Å²) in [4.78, 5) is 10.9. The number of ketones is 1. The zero-order valence-corrected chi connectivity index (χ0v) is 10.1. The van der Waals surface area contributed by atoms with Crippen LogP contribution in [0.2, 0.25) is 0 Å². The van der Waals surface area contributed by atoms with E-state index in [1.165, 1.54) is 0 Å². The molecule has 1 aromatic rings. The number of carbonyl (C=O) groups is 1. The van der Waals surface area contributed by atoms with E-state index in [-0.39, 0.29) is 29.8 Å². The number of Topliss-reactive ketones (excluding diaryl/α,β-unsaturated/α-hetero) is 1. The highest BCUT2D eigenvalue weighted by atomic mass is 127. The summed E-state index contributed by atoms with van der Waals surface area (Å²) in [5, 5.41) is 0. The molecule has 1 heterocycles. The van der Waals surface area contributed by atoms with Crippen molar-refractivity contribution < 1.29 is 33.3 Å². The van der Waals surface area contributed by atoms with Crippen LogP contribution in [0.1, 0.15) is 19.5 Å². The molecule has 72 valence electrons. The summed E-state index contributed by atoms with van der Waals surface area (Å²) >= 11 is 0.